The van der Waals surface area contributed by atoms with Crippen molar-refractivity contribution in [3.63, 3.8) is 0 Å². The minimum absolute atomic E-state index is 0.229. The molecule has 6 heteroatoms. The predicted octanol–water partition coefficient (Wildman–Crippen LogP) is 3.86. The Balaban J connectivity index is 1.40. The smallest absolute Gasteiger partial charge is 0.225 e. The molecule has 2 heterocycles. The molecule has 144 valence electrons. The zero-order chi connectivity index (χ0) is 19.3. The highest BCUT2D eigenvalue weighted by atomic mass is 19.1. The van der Waals surface area contributed by atoms with Gasteiger partial charge in [0.25, 0.3) is 0 Å². The molecule has 1 N–H and O–H groups in total. The molecule has 0 saturated carbocycles. The standard InChI is InChI=1S/C22H24FN5/c1-17-15-21(26-22(25-17)24-16-18-7-9-19(23)10-8-18)28-13-11-27(12-14-28)20-5-3-2-4-6-20/h2-10,15H,11-14,16H2,1H3,(H,24,25,26). The van der Waals surface area contributed by atoms with Crippen molar-refractivity contribution in [3.05, 3.63) is 77.7 Å². The molecule has 1 aromatic heterocycles. The van der Waals surface area contributed by atoms with Gasteiger partial charge in [0.05, 0.1) is 0 Å². The maximum atomic E-state index is 13.0. The van der Waals surface area contributed by atoms with Crippen LogP contribution in [0.2, 0.25) is 0 Å². The van der Waals surface area contributed by atoms with E-state index in [0.717, 1.165) is 43.3 Å². The molecule has 1 fully saturated rings. The molecule has 0 bridgehead atoms. The van der Waals surface area contributed by atoms with Gasteiger partial charge in [-0.3, -0.25) is 0 Å². The van der Waals surface area contributed by atoms with Crippen LogP contribution in [0.1, 0.15) is 11.3 Å². The van der Waals surface area contributed by atoms with E-state index in [4.69, 9.17) is 4.98 Å². The van der Waals surface area contributed by atoms with Crippen molar-refractivity contribution in [1.29, 1.82) is 0 Å². The fourth-order valence-electron chi connectivity index (χ4n) is 3.41. The summed E-state index contributed by atoms with van der Waals surface area (Å²) in [5.41, 5.74) is 3.18. The highest BCUT2D eigenvalue weighted by Gasteiger charge is 2.19. The third kappa shape index (κ3) is 4.39. The molecule has 1 aliphatic rings. The molecule has 5 nitrogen and oxygen atoms in total. The minimum atomic E-state index is -0.229. The number of benzene rings is 2. The SMILES string of the molecule is Cc1cc(N2CCN(c3ccccc3)CC2)nc(NCc2ccc(F)cc2)n1. The number of rotatable bonds is 5. The Hall–Kier alpha value is -3.15. The summed E-state index contributed by atoms with van der Waals surface area (Å²) in [5.74, 6) is 1.32. The highest BCUT2D eigenvalue weighted by Crippen LogP contribution is 2.20. The third-order valence-corrected chi connectivity index (χ3v) is 4.93. The van der Waals surface area contributed by atoms with E-state index in [9.17, 15) is 4.39 Å². The van der Waals surface area contributed by atoms with Crippen LogP contribution in [0, 0.1) is 12.7 Å². The van der Waals surface area contributed by atoms with Crippen LogP contribution >= 0.6 is 0 Å². The molecular weight excluding hydrogens is 353 g/mol. The lowest BCUT2D eigenvalue weighted by Crippen LogP contribution is -2.46. The quantitative estimate of drug-likeness (QED) is 0.731. The zero-order valence-corrected chi connectivity index (χ0v) is 16.0. The Kier molecular flexibility index (Phi) is 5.37. The van der Waals surface area contributed by atoms with Crippen LogP contribution < -0.4 is 15.1 Å². The summed E-state index contributed by atoms with van der Waals surface area (Å²) in [6.07, 6.45) is 0. The first-order valence-electron chi connectivity index (χ1n) is 9.56. The van der Waals surface area contributed by atoms with Gasteiger partial charge in [0.1, 0.15) is 11.6 Å². The number of anilines is 3. The maximum Gasteiger partial charge on any atom is 0.225 e. The number of piperazine rings is 1. The Morgan fingerprint density at radius 3 is 2.29 bits per heavy atom. The van der Waals surface area contributed by atoms with Crippen molar-refractivity contribution in [3.8, 4) is 0 Å². The second kappa shape index (κ2) is 8.25. The van der Waals surface area contributed by atoms with Gasteiger partial charge in [0, 0.05) is 50.2 Å². The van der Waals surface area contributed by atoms with Crippen molar-refractivity contribution in [1.82, 2.24) is 9.97 Å². The van der Waals surface area contributed by atoms with Crippen LogP contribution in [0.5, 0.6) is 0 Å². The summed E-state index contributed by atoms with van der Waals surface area (Å²) in [4.78, 5) is 13.9. The molecule has 0 atom stereocenters. The first kappa shape index (κ1) is 18.2. The largest absolute Gasteiger partial charge is 0.368 e. The number of halogens is 1. The van der Waals surface area contributed by atoms with E-state index in [2.05, 4.69) is 44.4 Å². The zero-order valence-electron chi connectivity index (χ0n) is 16.0. The summed E-state index contributed by atoms with van der Waals surface area (Å²) in [6.45, 7) is 6.31. The lowest BCUT2D eigenvalue weighted by atomic mass is 10.2. The third-order valence-electron chi connectivity index (χ3n) is 4.93. The van der Waals surface area contributed by atoms with Gasteiger partial charge in [-0.25, -0.2) is 9.37 Å². The van der Waals surface area contributed by atoms with Gasteiger partial charge >= 0.3 is 0 Å². The first-order chi connectivity index (χ1) is 13.7. The van der Waals surface area contributed by atoms with Gasteiger partial charge in [-0.1, -0.05) is 30.3 Å². The number of para-hydroxylation sites is 1. The Morgan fingerprint density at radius 1 is 0.893 bits per heavy atom. The summed E-state index contributed by atoms with van der Waals surface area (Å²) in [7, 11) is 0. The Labute approximate surface area is 164 Å². The number of aromatic nitrogens is 2. The van der Waals surface area contributed by atoms with E-state index in [1.54, 1.807) is 12.1 Å². The molecule has 1 aliphatic heterocycles. The Bertz CT molecular complexity index is 906. The fourth-order valence-corrected chi connectivity index (χ4v) is 3.41. The second-order valence-electron chi connectivity index (χ2n) is 6.98. The Morgan fingerprint density at radius 2 is 1.57 bits per heavy atom. The number of nitrogens with one attached hydrogen (secondary N) is 1. The molecule has 0 radical (unpaired) electrons. The average molecular weight is 377 g/mol. The topological polar surface area (TPSA) is 44.3 Å². The second-order valence-corrected chi connectivity index (χ2v) is 6.98. The average Bonchev–Trinajstić information content (AvgIpc) is 2.74. The van der Waals surface area contributed by atoms with E-state index in [0.29, 0.717) is 12.5 Å². The fraction of sp³-hybridized carbons (Fsp3) is 0.273. The van der Waals surface area contributed by atoms with Crippen molar-refractivity contribution < 1.29 is 4.39 Å². The molecule has 0 spiro atoms. The minimum Gasteiger partial charge on any atom is -0.368 e. The predicted molar refractivity (Wildman–Crippen MR) is 111 cm³/mol. The van der Waals surface area contributed by atoms with E-state index in [1.807, 2.05) is 19.1 Å². The van der Waals surface area contributed by atoms with Crippen LogP contribution in [-0.2, 0) is 6.54 Å². The van der Waals surface area contributed by atoms with E-state index in [1.165, 1.54) is 17.8 Å². The van der Waals surface area contributed by atoms with Crippen LogP contribution in [0.3, 0.4) is 0 Å². The van der Waals surface area contributed by atoms with Crippen LogP contribution in [0.15, 0.2) is 60.7 Å². The van der Waals surface area contributed by atoms with Crippen molar-refractivity contribution in [2.75, 3.05) is 41.3 Å². The van der Waals surface area contributed by atoms with Crippen LogP contribution in [0.25, 0.3) is 0 Å². The highest BCUT2D eigenvalue weighted by molar-refractivity contribution is 5.50. The summed E-state index contributed by atoms with van der Waals surface area (Å²) >= 11 is 0. The maximum absolute atomic E-state index is 13.0. The van der Waals surface area contributed by atoms with E-state index >= 15 is 0 Å². The van der Waals surface area contributed by atoms with Crippen molar-refractivity contribution in [2.24, 2.45) is 0 Å². The van der Waals surface area contributed by atoms with Crippen molar-refractivity contribution in [2.45, 2.75) is 13.5 Å². The number of aryl methyl sites for hydroxylation is 1. The number of hydrogen-bond donors (Lipinski definition) is 1. The number of nitrogens with zero attached hydrogens (tertiary/aromatic N) is 4. The molecular formula is C22H24FN5. The molecule has 0 amide bonds. The van der Waals surface area contributed by atoms with Gasteiger partial charge < -0.3 is 15.1 Å². The molecule has 3 aromatic rings. The van der Waals surface area contributed by atoms with Gasteiger partial charge in [-0.2, -0.15) is 4.98 Å². The summed E-state index contributed by atoms with van der Waals surface area (Å²) < 4.78 is 13.0. The lowest BCUT2D eigenvalue weighted by Gasteiger charge is -2.36. The van der Waals surface area contributed by atoms with E-state index in [-0.39, 0.29) is 5.82 Å². The van der Waals surface area contributed by atoms with Gasteiger partial charge in [-0.15, -0.1) is 0 Å². The lowest BCUT2D eigenvalue weighted by molar-refractivity contribution is 0.627. The molecule has 0 unspecified atom stereocenters. The molecule has 1 saturated heterocycles. The first-order valence-corrected chi connectivity index (χ1v) is 9.56. The normalized spacial score (nSPS) is 14.2. The van der Waals surface area contributed by atoms with E-state index < -0.39 is 0 Å². The monoisotopic (exact) mass is 377 g/mol. The van der Waals surface area contributed by atoms with Crippen LogP contribution in [0.4, 0.5) is 21.8 Å². The molecule has 0 aliphatic carbocycles. The number of hydrogen-bond acceptors (Lipinski definition) is 5. The molecule has 2 aromatic carbocycles. The van der Waals surface area contributed by atoms with Gasteiger partial charge in [0.2, 0.25) is 5.95 Å². The van der Waals surface area contributed by atoms with Gasteiger partial charge in [-0.05, 0) is 36.8 Å². The molecule has 28 heavy (non-hydrogen) atoms. The molecule has 4 rings (SSSR count). The van der Waals surface area contributed by atoms with Gasteiger partial charge in [0.15, 0.2) is 0 Å². The summed E-state index contributed by atoms with van der Waals surface area (Å²) in [6, 6.07) is 19.0. The van der Waals surface area contributed by atoms with Crippen LogP contribution in [-0.4, -0.2) is 36.1 Å². The van der Waals surface area contributed by atoms with Crippen molar-refractivity contribution >= 4 is 17.5 Å². The summed E-state index contributed by atoms with van der Waals surface area (Å²) in [5, 5.41) is 3.25.